The van der Waals surface area contributed by atoms with Crippen molar-refractivity contribution in [3.8, 4) is 11.8 Å². The fourth-order valence-corrected chi connectivity index (χ4v) is 2.36. The van der Waals surface area contributed by atoms with E-state index in [0.29, 0.717) is 18.7 Å². The van der Waals surface area contributed by atoms with Gasteiger partial charge in [0.05, 0.1) is 5.56 Å². The molecule has 0 radical (unpaired) electrons. The third kappa shape index (κ3) is 3.17. The van der Waals surface area contributed by atoms with Gasteiger partial charge in [-0.05, 0) is 30.0 Å². The number of carbonyl (C=O) groups is 1. The second-order valence-corrected chi connectivity index (χ2v) is 5.80. The first-order chi connectivity index (χ1) is 9.43. The number of rotatable bonds is 1. The van der Waals surface area contributed by atoms with Gasteiger partial charge < -0.3 is 10.0 Å². The average Bonchev–Trinajstić information content (AvgIpc) is 2.77. The van der Waals surface area contributed by atoms with Gasteiger partial charge in [0, 0.05) is 18.7 Å². The van der Waals surface area contributed by atoms with Crippen LogP contribution in [0.15, 0.2) is 18.2 Å². The van der Waals surface area contributed by atoms with Crippen LogP contribution in [-0.2, 0) is 0 Å². The number of hydrogen-bond donors (Lipinski definition) is 1. The quantitative estimate of drug-likeness (QED) is 0.797. The molecule has 1 aliphatic rings. The molecule has 106 valence electrons. The fourth-order valence-electron chi connectivity index (χ4n) is 2.36. The molecule has 1 heterocycles. The van der Waals surface area contributed by atoms with Gasteiger partial charge in [0.1, 0.15) is 12.4 Å². The second kappa shape index (κ2) is 5.64. The summed E-state index contributed by atoms with van der Waals surface area (Å²) in [5.74, 6) is 4.35. The fraction of sp³-hybridized carbons (Fsp3) is 0.438. The Bertz CT molecular complexity index is 584. The first-order valence-corrected chi connectivity index (χ1v) is 6.61. The SMILES string of the molecule is CC1(C)CCN(C(=O)c2cc(C#CCO)ccc2F)C1. The summed E-state index contributed by atoms with van der Waals surface area (Å²) in [6, 6.07) is 4.20. The van der Waals surface area contributed by atoms with E-state index in [1.165, 1.54) is 18.2 Å². The highest BCUT2D eigenvalue weighted by Gasteiger charge is 2.33. The summed E-state index contributed by atoms with van der Waals surface area (Å²) in [6.07, 6.45) is 0.921. The van der Waals surface area contributed by atoms with Crippen LogP contribution in [-0.4, -0.2) is 35.6 Å². The van der Waals surface area contributed by atoms with Crippen molar-refractivity contribution in [1.82, 2.24) is 4.90 Å². The maximum absolute atomic E-state index is 13.8. The first kappa shape index (κ1) is 14.5. The van der Waals surface area contributed by atoms with Crippen molar-refractivity contribution in [3.05, 3.63) is 35.1 Å². The topological polar surface area (TPSA) is 40.5 Å². The molecule has 0 spiro atoms. The number of benzene rings is 1. The third-order valence-electron chi connectivity index (χ3n) is 3.47. The van der Waals surface area contributed by atoms with Crippen LogP contribution in [0.4, 0.5) is 4.39 Å². The molecule has 0 unspecified atom stereocenters. The van der Waals surface area contributed by atoms with Crippen LogP contribution in [0.1, 0.15) is 36.2 Å². The van der Waals surface area contributed by atoms with E-state index in [4.69, 9.17) is 5.11 Å². The molecule has 0 aliphatic carbocycles. The number of aliphatic hydroxyl groups is 1. The molecule has 0 saturated carbocycles. The second-order valence-electron chi connectivity index (χ2n) is 5.80. The van der Waals surface area contributed by atoms with E-state index in [-0.39, 0.29) is 23.5 Å². The van der Waals surface area contributed by atoms with Crippen LogP contribution in [0.25, 0.3) is 0 Å². The van der Waals surface area contributed by atoms with Crippen LogP contribution in [0.5, 0.6) is 0 Å². The zero-order valence-electron chi connectivity index (χ0n) is 11.7. The van der Waals surface area contributed by atoms with Gasteiger partial charge in [-0.1, -0.05) is 25.7 Å². The minimum absolute atomic E-state index is 0.0486. The van der Waals surface area contributed by atoms with Crippen molar-refractivity contribution in [2.45, 2.75) is 20.3 Å². The molecule has 1 aromatic rings. The highest BCUT2D eigenvalue weighted by molar-refractivity contribution is 5.95. The van der Waals surface area contributed by atoms with E-state index in [1.54, 1.807) is 4.90 Å². The number of hydrogen-bond acceptors (Lipinski definition) is 2. The van der Waals surface area contributed by atoms with E-state index in [1.807, 2.05) is 0 Å². The average molecular weight is 275 g/mol. The lowest BCUT2D eigenvalue weighted by molar-refractivity contribution is 0.0773. The van der Waals surface area contributed by atoms with Crippen LogP contribution in [0.3, 0.4) is 0 Å². The highest BCUT2D eigenvalue weighted by Crippen LogP contribution is 2.30. The summed E-state index contributed by atoms with van der Waals surface area (Å²) in [5, 5.41) is 8.67. The van der Waals surface area contributed by atoms with Crippen LogP contribution >= 0.6 is 0 Å². The van der Waals surface area contributed by atoms with Crippen molar-refractivity contribution >= 4 is 5.91 Å². The number of carbonyl (C=O) groups excluding carboxylic acids is 1. The van der Waals surface area contributed by atoms with Crippen molar-refractivity contribution in [2.24, 2.45) is 5.41 Å². The van der Waals surface area contributed by atoms with Gasteiger partial charge in [0.25, 0.3) is 5.91 Å². The molecule has 3 nitrogen and oxygen atoms in total. The van der Waals surface area contributed by atoms with Gasteiger partial charge in [-0.2, -0.15) is 0 Å². The van der Waals surface area contributed by atoms with E-state index >= 15 is 0 Å². The largest absolute Gasteiger partial charge is 0.384 e. The number of likely N-dealkylation sites (tertiary alicyclic amines) is 1. The molecule has 1 aliphatic heterocycles. The summed E-state index contributed by atoms with van der Waals surface area (Å²) in [7, 11) is 0. The van der Waals surface area contributed by atoms with Crippen molar-refractivity contribution in [3.63, 3.8) is 0 Å². The predicted molar refractivity (Wildman–Crippen MR) is 74.7 cm³/mol. The molecule has 1 saturated heterocycles. The highest BCUT2D eigenvalue weighted by atomic mass is 19.1. The Morgan fingerprint density at radius 3 is 2.85 bits per heavy atom. The molecule has 4 heteroatoms. The Balaban J connectivity index is 2.25. The predicted octanol–water partition coefficient (Wildman–Crippen LogP) is 2.04. The monoisotopic (exact) mass is 275 g/mol. The van der Waals surface area contributed by atoms with E-state index < -0.39 is 5.82 Å². The Labute approximate surface area is 118 Å². The standard InChI is InChI=1S/C16H18FNO2/c1-16(2)7-8-18(11-16)15(20)13-10-12(4-3-9-19)5-6-14(13)17/h5-6,10,19H,7-9,11H2,1-2H3. The molecule has 1 N–H and O–H groups in total. The van der Waals surface area contributed by atoms with Crippen molar-refractivity contribution in [1.29, 1.82) is 0 Å². The number of aliphatic hydroxyl groups excluding tert-OH is 1. The molecule has 20 heavy (non-hydrogen) atoms. The van der Waals surface area contributed by atoms with Crippen LogP contribution < -0.4 is 0 Å². The Kier molecular flexibility index (Phi) is 4.10. The molecule has 1 amide bonds. The van der Waals surface area contributed by atoms with Crippen LogP contribution in [0.2, 0.25) is 0 Å². The van der Waals surface area contributed by atoms with Gasteiger partial charge in [-0.25, -0.2) is 4.39 Å². The summed E-state index contributed by atoms with van der Waals surface area (Å²) in [6.45, 7) is 5.22. The number of nitrogens with zero attached hydrogens (tertiary/aromatic N) is 1. The Morgan fingerprint density at radius 2 is 2.25 bits per heavy atom. The normalized spacial score (nSPS) is 16.7. The third-order valence-corrected chi connectivity index (χ3v) is 3.47. The van der Waals surface area contributed by atoms with E-state index in [9.17, 15) is 9.18 Å². The zero-order valence-corrected chi connectivity index (χ0v) is 11.7. The Morgan fingerprint density at radius 1 is 1.50 bits per heavy atom. The molecule has 1 aromatic carbocycles. The molecule has 0 bridgehead atoms. The van der Waals surface area contributed by atoms with E-state index in [2.05, 4.69) is 25.7 Å². The number of amides is 1. The minimum atomic E-state index is -0.533. The summed E-state index contributed by atoms with van der Waals surface area (Å²) in [4.78, 5) is 14.1. The van der Waals surface area contributed by atoms with Crippen LogP contribution in [0, 0.1) is 23.1 Å². The first-order valence-electron chi connectivity index (χ1n) is 6.61. The maximum Gasteiger partial charge on any atom is 0.256 e. The van der Waals surface area contributed by atoms with Crippen molar-refractivity contribution in [2.75, 3.05) is 19.7 Å². The molecule has 0 aromatic heterocycles. The summed E-state index contributed by atoms with van der Waals surface area (Å²) >= 11 is 0. The molecule has 2 rings (SSSR count). The van der Waals surface area contributed by atoms with Crippen molar-refractivity contribution < 1.29 is 14.3 Å². The molecule has 0 atom stereocenters. The molecule has 1 fully saturated rings. The van der Waals surface area contributed by atoms with Gasteiger partial charge in [-0.15, -0.1) is 0 Å². The lowest BCUT2D eigenvalue weighted by Gasteiger charge is -2.20. The van der Waals surface area contributed by atoms with Gasteiger partial charge in [-0.3, -0.25) is 4.79 Å². The van der Waals surface area contributed by atoms with E-state index in [0.717, 1.165) is 6.42 Å². The maximum atomic E-state index is 13.8. The molecular weight excluding hydrogens is 257 g/mol. The number of halogens is 1. The lowest BCUT2D eigenvalue weighted by Crippen LogP contribution is -2.30. The van der Waals surface area contributed by atoms with Gasteiger partial charge in [0.2, 0.25) is 0 Å². The Hall–Kier alpha value is -1.86. The lowest BCUT2D eigenvalue weighted by atomic mass is 9.93. The zero-order chi connectivity index (χ0) is 14.8. The molecular formula is C16H18FNO2. The van der Waals surface area contributed by atoms with Gasteiger partial charge in [0.15, 0.2) is 0 Å². The van der Waals surface area contributed by atoms with Gasteiger partial charge >= 0.3 is 0 Å². The summed E-state index contributed by atoms with van der Waals surface area (Å²) < 4.78 is 13.8. The smallest absolute Gasteiger partial charge is 0.256 e. The minimum Gasteiger partial charge on any atom is -0.384 e. The summed E-state index contributed by atoms with van der Waals surface area (Å²) in [5.41, 5.74) is 0.662.